The predicted molar refractivity (Wildman–Crippen MR) is 52.1 cm³/mol. The molecule has 1 N–H and O–H groups in total. The summed E-state index contributed by atoms with van der Waals surface area (Å²) in [5.41, 5.74) is 0.587. The summed E-state index contributed by atoms with van der Waals surface area (Å²) >= 11 is 0. The van der Waals surface area contributed by atoms with Crippen molar-refractivity contribution >= 4 is 11.6 Å². The van der Waals surface area contributed by atoms with Crippen LogP contribution in [0.25, 0.3) is 0 Å². The van der Waals surface area contributed by atoms with Gasteiger partial charge in [-0.3, -0.25) is 4.79 Å². The van der Waals surface area contributed by atoms with E-state index in [4.69, 9.17) is 4.74 Å². The third kappa shape index (κ3) is 3.01. The molecule has 0 saturated carbocycles. The molecule has 76 valence electrons. The minimum Gasteiger partial charge on any atom is -0.467 e. The minimum atomic E-state index is -0.0266. The largest absolute Gasteiger partial charge is 0.467 e. The lowest BCUT2D eigenvalue weighted by Crippen LogP contribution is -2.11. The Bertz CT molecular complexity index is 297. The lowest BCUT2D eigenvalue weighted by Gasteiger charge is -2.03. The van der Waals surface area contributed by atoms with Gasteiger partial charge in [-0.25, -0.2) is 9.97 Å². The van der Waals surface area contributed by atoms with Crippen LogP contribution in [0.15, 0.2) is 12.4 Å². The Labute approximate surface area is 82.5 Å². The Balaban J connectivity index is 2.55. The number of aromatic nitrogens is 2. The topological polar surface area (TPSA) is 64.1 Å². The molecule has 14 heavy (non-hydrogen) atoms. The summed E-state index contributed by atoms with van der Waals surface area (Å²) in [7, 11) is 1.49. The van der Waals surface area contributed by atoms with Gasteiger partial charge in [0.1, 0.15) is 0 Å². The van der Waals surface area contributed by atoms with Crippen molar-refractivity contribution in [2.45, 2.75) is 19.8 Å². The van der Waals surface area contributed by atoms with E-state index >= 15 is 0 Å². The molecule has 1 aromatic rings. The summed E-state index contributed by atoms with van der Waals surface area (Å²) < 4.78 is 4.79. The average Bonchev–Trinajstić information content (AvgIpc) is 2.19. The Kier molecular flexibility index (Phi) is 3.84. The third-order valence-corrected chi connectivity index (χ3v) is 1.57. The van der Waals surface area contributed by atoms with Crippen molar-refractivity contribution in [2.24, 2.45) is 0 Å². The normalized spacial score (nSPS) is 9.57. The van der Waals surface area contributed by atoms with Crippen LogP contribution in [-0.2, 0) is 4.79 Å². The molecular weight excluding hydrogens is 182 g/mol. The number of methoxy groups -OCH3 is 1. The maximum Gasteiger partial charge on any atom is 0.316 e. The second kappa shape index (κ2) is 5.16. The fraction of sp³-hybridized carbons (Fsp3) is 0.444. The molecule has 0 unspecified atom stereocenters. The van der Waals surface area contributed by atoms with Crippen LogP contribution < -0.4 is 10.1 Å². The number of amides is 1. The summed E-state index contributed by atoms with van der Waals surface area (Å²) in [6, 6.07) is 0.290. The summed E-state index contributed by atoms with van der Waals surface area (Å²) in [5, 5.41) is 2.67. The maximum absolute atomic E-state index is 11.2. The quantitative estimate of drug-likeness (QED) is 0.784. The van der Waals surface area contributed by atoms with Gasteiger partial charge in [-0.1, -0.05) is 6.92 Å². The van der Waals surface area contributed by atoms with Gasteiger partial charge in [-0.15, -0.1) is 0 Å². The van der Waals surface area contributed by atoms with E-state index in [-0.39, 0.29) is 5.91 Å². The number of carbonyl (C=O) groups is 1. The fourth-order valence-corrected chi connectivity index (χ4v) is 0.937. The third-order valence-electron chi connectivity index (χ3n) is 1.57. The highest BCUT2D eigenvalue weighted by molar-refractivity contribution is 5.90. The van der Waals surface area contributed by atoms with Crippen molar-refractivity contribution in [3.8, 4) is 6.01 Å². The number of ether oxygens (including phenoxy) is 1. The van der Waals surface area contributed by atoms with Gasteiger partial charge in [0.25, 0.3) is 0 Å². The molecule has 0 aromatic carbocycles. The zero-order valence-corrected chi connectivity index (χ0v) is 8.28. The minimum absolute atomic E-state index is 0.0266. The van der Waals surface area contributed by atoms with Crippen molar-refractivity contribution in [3.63, 3.8) is 0 Å². The highest BCUT2D eigenvalue weighted by Crippen LogP contribution is 2.07. The first-order valence-corrected chi connectivity index (χ1v) is 4.42. The summed E-state index contributed by atoms with van der Waals surface area (Å²) in [6.45, 7) is 1.95. The highest BCUT2D eigenvalue weighted by atomic mass is 16.5. The first kappa shape index (κ1) is 10.4. The van der Waals surface area contributed by atoms with Gasteiger partial charge >= 0.3 is 6.01 Å². The fourth-order valence-electron chi connectivity index (χ4n) is 0.937. The van der Waals surface area contributed by atoms with Gasteiger partial charge in [-0.2, -0.15) is 0 Å². The SMILES string of the molecule is CCCC(=O)Nc1cnc(OC)nc1. The van der Waals surface area contributed by atoms with Crippen LogP contribution in [0.1, 0.15) is 19.8 Å². The van der Waals surface area contributed by atoms with Crippen LogP contribution in [-0.4, -0.2) is 23.0 Å². The van der Waals surface area contributed by atoms with Gasteiger partial charge in [0.05, 0.1) is 25.2 Å². The number of nitrogens with one attached hydrogen (secondary N) is 1. The van der Waals surface area contributed by atoms with E-state index in [9.17, 15) is 4.79 Å². The molecule has 0 spiro atoms. The molecule has 0 aliphatic rings. The van der Waals surface area contributed by atoms with Crippen LogP contribution in [0.2, 0.25) is 0 Å². The van der Waals surface area contributed by atoms with Gasteiger partial charge in [0, 0.05) is 6.42 Å². The van der Waals surface area contributed by atoms with Gasteiger partial charge < -0.3 is 10.1 Å². The van der Waals surface area contributed by atoms with Crippen LogP contribution in [0.4, 0.5) is 5.69 Å². The molecule has 1 rings (SSSR count). The zero-order chi connectivity index (χ0) is 10.4. The lowest BCUT2D eigenvalue weighted by molar-refractivity contribution is -0.116. The summed E-state index contributed by atoms with van der Waals surface area (Å²) in [6.07, 6.45) is 4.35. The van der Waals surface area contributed by atoms with Gasteiger partial charge in [-0.05, 0) is 6.42 Å². The standard InChI is InChI=1S/C9H13N3O2/c1-3-4-8(13)12-7-5-10-9(14-2)11-6-7/h5-6H,3-4H2,1-2H3,(H,12,13). The Morgan fingerprint density at radius 2 is 2.14 bits per heavy atom. The molecule has 0 aliphatic heterocycles. The lowest BCUT2D eigenvalue weighted by atomic mass is 10.3. The molecule has 1 amide bonds. The van der Waals surface area contributed by atoms with Crippen molar-refractivity contribution < 1.29 is 9.53 Å². The second-order valence-corrected chi connectivity index (χ2v) is 2.76. The van der Waals surface area contributed by atoms with Crippen molar-refractivity contribution in [2.75, 3.05) is 12.4 Å². The molecule has 5 heteroatoms. The molecule has 1 aromatic heterocycles. The Hall–Kier alpha value is -1.65. The van der Waals surface area contributed by atoms with Crippen molar-refractivity contribution in [1.29, 1.82) is 0 Å². The molecule has 0 aliphatic carbocycles. The van der Waals surface area contributed by atoms with Crippen LogP contribution in [0, 0.1) is 0 Å². The molecule has 0 bridgehead atoms. The Morgan fingerprint density at radius 1 is 1.50 bits per heavy atom. The molecular formula is C9H13N3O2. The number of hydrogen-bond acceptors (Lipinski definition) is 4. The first-order chi connectivity index (χ1) is 6.76. The van der Waals surface area contributed by atoms with E-state index in [0.717, 1.165) is 6.42 Å². The summed E-state index contributed by atoms with van der Waals surface area (Å²) in [4.78, 5) is 18.9. The number of carbonyl (C=O) groups excluding carboxylic acids is 1. The zero-order valence-electron chi connectivity index (χ0n) is 8.28. The number of nitrogens with zero attached hydrogens (tertiary/aromatic N) is 2. The smallest absolute Gasteiger partial charge is 0.316 e. The monoisotopic (exact) mass is 195 g/mol. The maximum atomic E-state index is 11.2. The van der Waals surface area contributed by atoms with Gasteiger partial charge in [0.15, 0.2) is 0 Å². The molecule has 0 radical (unpaired) electrons. The second-order valence-electron chi connectivity index (χ2n) is 2.76. The molecule has 5 nitrogen and oxygen atoms in total. The van der Waals surface area contributed by atoms with Crippen LogP contribution >= 0.6 is 0 Å². The molecule has 0 atom stereocenters. The van der Waals surface area contributed by atoms with Crippen LogP contribution in [0.3, 0.4) is 0 Å². The molecule has 1 heterocycles. The average molecular weight is 195 g/mol. The van der Waals surface area contributed by atoms with Gasteiger partial charge in [0.2, 0.25) is 5.91 Å². The number of hydrogen-bond donors (Lipinski definition) is 1. The van der Waals surface area contributed by atoms with E-state index in [2.05, 4.69) is 15.3 Å². The van der Waals surface area contributed by atoms with E-state index in [1.165, 1.54) is 19.5 Å². The first-order valence-electron chi connectivity index (χ1n) is 4.42. The predicted octanol–water partition coefficient (Wildman–Crippen LogP) is 1.22. The van der Waals surface area contributed by atoms with E-state index < -0.39 is 0 Å². The highest BCUT2D eigenvalue weighted by Gasteiger charge is 2.01. The molecule has 0 fully saturated rings. The number of rotatable bonds is 4. The van der Waals surface area contributed by atoms with E-state index in [0.29, 0.717) is 18.1 Å². The Morgan fingerprint density at radius 3 is 2.64 bits per heavy atom. The van der Waals surface area contributed by atoms with E-state index in [1.54, 1.807) is 0 Å². The van der Waals surface area contributed by atoms with Crippen LogP contribution in [0.5, 0.6) is 6.01 Å². The summed E-state index contributed by atoms with van der Waals surface area (Å²) in [5.74, 6) is -0.0266. The number of anilines is 1. The van der Waals surface area contributed by atoms with Crippen molar-refractivity contribution in [3.05, 3.63) is 12.4 Å². The van der Waals surface area contributed by atoms with E-state index in [1.807, 2.05) is 6.92 Å². The van der Waals surface area contributed by atoms with Crippen molar-refractivity contribution in [1.82, 2.24) is 9.97 Å². The molecule has 0 saturated heterocycles.